The molecule has 0 radical (unpaired) electrons. The van der Waals surface area contributed by atoms with Crippen molar-refractivity contribution < 1.29 is 41.8 Å². The van der Waals surface area contributed by atoms with Crippen LogP contribution in [0.5, 0.6) is 5.75 Å². The van der Waals surface area contributed by atoms with Gasteiger partial charge in [-0.2, -0.15) is 8.42 Å². The van der Waals surface area contributed by atoms with E-state index in [1.165, 1.54) is 12.1 Å². The molecule has 0 bridgehead atoms. The van der Waals surface area contributed by atoms with E-state index in [1.54, 1.807) is 19.1 Å². The monoisotopic (exact) mass is 469 g/mol. The number of hydroxylamine groups is 2. The first-order valence-corrected chi connectivity index (χ1v) is 10.7. The Morgan fingerprint density at radius 3 is 2.66 bits per heavy atom. The van der Waals surface area contributed by atoms with Crippen LogP contribution in [0.25, 0.3) is 10.4 Å². The van der Waals surface area contributed by atoms with Crippen molar-refractivity contribution in [3.63, 3.8) is 0 Å². The van der Waals surface area contributed by atoms with Gasteiger partial charge in [-0.3, -0.25) is 18.9 Å². The predicted molar refractivity (Wildman–Crippen MR) is 105 cm³/mol. The van der Waals surface area contributed by atoms with Crippen LogP contribution in [0, 0.1) is 0 Å². The summed E-state index contributed by atoms with van der Waals surface area (Å²) in [4.78, 5) is 60.1. The summed E-state index contributed by atoms with van der Waals surface area (Å²) in [7, 11) is -4.82. The molecule has 1 aliphatic heterocycles. The molecule has 1 aliphatic rings. The molecule has 172 valence electrons. The van der Waals surface area contributed by atoms with Crippen LogP contribution in [0.1, 0.15) is 43.0 Å². The lowest BCUT2D eigenvalue weighted by Crippen LogP contribution is -2.38. The first kappa shape index (κ1) is 24.6. The number of carbonyl (C=O) groups is 4. The minimum Gasteiger partial charge on any atom is -0.393 e. The van der Waals surface area contributed by atoms with Crippen LogP contribution in [0.15, 0.2) is 29.5 Å². The van der Waals surface area contributed by atoms with Crippen LogP contribution < -0.4 is 10.2 Å². The number of para-hydroxylation sites is 1. The Bertz CT molecular complexity index is 1070. The molecule has 0 aromatic heterocycles. The number of rotatable bonds is 10. The standard InChI is InChI=1S/C17H19N5O9S/c1-2-10(19-16(25)11-5-3-4-6-12(11)30-21-20-18)7-8-15(24)31-22-14(23)9-13(17(22)26)32(27,28)29/h3-6,10,13H,2,7-9H2,1H3,(H,19,25)(H,27,28,29). The second-order valence-corrected chi connectivity index (χ2v) is 8.17. The highest BCUT2D eigenvalue weighted by Gasteiger charge is 2.48. The van der Waals surface area contributed by atoms with Crippen LogP contribution in [0.3, 0.4) is 0 Å². The Labute approximate surface area is 181 Å². The number of azide groups is 1. The normalized spacial score (nSPS) is 16.8. The molecule has 1 fully saturated rings. The van der Waals surface area contributed by atoms with Crippen LogP contribution in [0.2, 0.25) is 0 Å². The smallest absolute Gasteiger partial charge is 0.333 e. The largest absolute Gasteiger partial charge is 0.393 e. The van der Waals surface area contributed by atoms with Crippen molar-refractivity contribution in [2.24, 2.45) is 5.28 Å². The van der Waals surface area contributed by atoms with Crippen LogP contribution in [-0.2, 0) is 29.3 Å². The Balaban J connectivity index is 1.94. The van der Waals surface area contributed by atoms with E-state index in [0.717, 1.165) is 0 Å². The van der Waals surface area contributed by atoms with Crippen molar-refractivity contribution in [3.8, 4) is 5.75 Å². The lowest BCUT2D eigenvalue weighted by molar-refractivity contribution is -0.197. The summed E-state index contributed by atoms with van der Waals surface area (Å²) in [6, 6.07) is 5.48. The van der Waals surface area contributed by atoms with Crippen molar-refractivity contribution in [1.82, 2.24) is 10.4 Å². The molecule has 2 unspecified atom stereocenters. The first-order chi connectivity index (χ1) is 15.1. The highest BCUT2D eigenvalue weighted by molar-refractivity contribution is 7.87. The Kier molecular flexibility index (Phi) is 8.12. The zero-order valence-electron chi connectivity index (χ0n) is 16.7. The number of nitrogens with zero attached hydrogens (tertiary/aromatic N) is 4. The Hall–Kier alpha value is -3.68. The van der Waals surface area contributed by atoms with E-state index >= 15 is 0 Å². The molecule has 32 heavy (non-hydrogen) atoms. The van der Waals surface area contributed by atoms with E-state index in [0.29, 0.717) is 6.42 Å². The molecule has 1 saturated heterocycles. The van der Waals surface area contributed by atoms with Crippen LogP contribution >= 0.6 is 0 Å². The summed E-state index contributed by atoms with van der Waals surface area (Å²) < 4.78 is 31.2. The van der Waals surface area contributed by atoms with Gasteiger partial charge in [-0.15, -0.1) is 5.06 Å². The molecule has 0 saturated carbocycles. The number of imide groups is 1. The molecular formula is C17H19N5O9S. The maximum atomic E-state index is 12.5. The predicted octanol–water partition coefficient (Wildman–Crippen LogP) is 1.05. The van der Waals surface area contributed by atoms with E-state index in [4.69, 9.17) is 14.9 Å². The number of carbonyl (C=O) groups excluding carboxylic acids is 4. The van der Waals surface area contributed by atoms with E-state index in [1.807, 2.05) is 0 Å². The zero-order valence-corrected chi connectivity index (χ0v) is 17.5. The molecular weight excluding hydrogens is 450 g/mol. The molecule has 1 aromatic rings. The summed E-state index contributed by atoms with van der Waals surface area (Å²) in [5, 5.41) is 3.63. The number of amides is 3. The molecule has 2 rings (SSSR count). The van der Waals surface area contributed by atoms with Crippen molar-refractivity contribution in [1.29, 1.82) is 0 Å². The Morgan fingerprint density at radius 1 is 1.38 bits per heavy atom. The second-order valence-electron chi connectivity index (χ2n) is 6.57. The third kappa shape index (κ3) is 6.16. The van der Waals surface area contributed by atoms with Gasteiger partial charge in [0.1, 0.15) is 11.0 Å². The fourth-order valence-corrected chi connectivity index (χ4v) is 3.49. The third-order valence-corrected chi connectivity index (χ3v) is 5.53. The van der Waals surface area contributed by atoms with Gasteiger partial charge in [0.15, 0.2) is 5.25 Å². The minimum atomic E-state index is -4.82. The number of hydrogen-bond acceptors (Lipinski definition) is 9. The minimum absolute atomic E-state index is 0.0175. The zero-order chi connectivity index (χ0) is 23.9. The van der Waals surface area contributed by atoms with Gasteiger partial charge in [0.2, 0.25) is 0 Å². The molecule has 3 amide bonds. The van der Waals surface area contributed by atoms with Crippen molar-refractivity contribution in [2.45, 2.75) is 43.9 Å². The van der Waals surface area contributed by atoms with Gasteiger partial charge >= 0.3 is 5.97 Å². The average molecular weight is 469 g/mol. The van der Waals surface area contributed by atoms with Crippen molar-refractivity contribution in [3.05, 3.63) is 40.3 Å². The molecule has 0 spiro atoms. The van der Waals surface area contributed by atoms with E-state index in [-0.39, 0.29) is 29.2 Å². The fraction of sp³-hybridized carbons (Fsp3) is 0.412. The number of hydrogen-bond donors (Lipinski definition) is 2. The quantitative estimate of drug-likeness (QED) is 0.125. The lowest BCUT2D eigenvalue weighted by Gasteiger charge is -2.18. The van der Waals surface area contributed by atoms with E-state index in [9.17, 15) is 27.6 Å². The van der Waals surface area contributed by atoms with Crippen molar-refractivity contribution >= 4 is 33.8 Å². The molecule has 2 N–H and O–H groups in total. The van der Waals surface area contributed by atoms with Gasteiger partial charge in [-0.25, -0.2) is 4.79 Å². The Morgan fingerprint density at radius 2 is 2.06 bits per heavy atom. The molecule has 15 heteroatoms. The molecule has 1 aromatic carbocycles. The number of benzene rings is 1. The number of nitrogens with one attached hydrogen (secondary N) is 1. The van der Waals surface area contributed by atoms with Crippen LogP contribution in [-0.4, -0.2) is 53.0 Å². The fourth-order valence-electron chi connectivity index (χ4n) is 2.79. The maximum absolute atomic E-state index is 12.5. The molecule has 0 aliphatic carbocycles. The van der Waals surface area contributed by atoms with Gasteiger partial charge in [-0.05, 0) is 30.5 Å². The SMILES string of the molecule is CCC(CCC(=O)ON1C(=O)CC(S(=O)(=O)O)C1=O)NC(=O)c1ccccc1ON=[N+]=[N-]. The van der Waals surface area contributed by atoms with Gasteiger partial charge in [-0.1, -0.05) is 19.1 Å². The average Bonchev–Trinajstić information content (AvgIpc) is 3.03. The lowest BCUT2D eigenvalue weighted by atomic mass is 10.1. The van der Waals surface area contributed by atoms with E-state index < -0.39 is 51.5 Å². The summed E-state index contributed by atoms with van der Waals surface area (Å²) in [6.45, 7) is 1.74. The molecule has 2 atom stereocenters. The van der Waals surface area contributed by atoms with Gasteiger partial charge in [0.25, 0.3) is 27.8 Å². The van der Waals surface area contributed by atoms with Gasteiger partial charge in [0, 0.05) is 17.4 Å². The highest BCUT2D eigenvalue weighted by Crippen LogP contribution is 2.21. The van der Waals surface area contributed by atoms with Crippen molar-refractivity contribution in [2.75, 3.05) is 0 Å². The molecule has 14 nitrogen and oxygen atoms in total. The first-order valence-electron chi connectivity index (χ1n) is 9.23. The third-order valence-electron chi connectivity index (χ3n) is 4.45. The van der Waals surface area contributed by atoms with E-state index in [2.05, 4.69) is 20.3 Å². The summed E-state index contributed by atoms with van der Waals surface area (Å²) >= 11 is 0. The molecule has 1 heterocycles. The topological polar surface area (TPSA) is 205 Å². The maximum Gasteiger partial charge on any atom is 0.333 e. The summed E-state index contributed by atoms with van der Waals surface area (Å²) in [5.41, 5.74) is 8.44. The summed E-state index contributed by atoms with van der Waals surface area (Å²) in [5.74, 6) is -3.99. The van der Waals surface area contributed by atoms with Crippen LogP contribution in [0.4, 0.5) is 0 Å². The highest BCUT2D eigenvalue weighted by atomic mass is 32.2. The second kappa shape index (κ2) is 10.6. The van der Waals surface area contributed by atoms with Gasteiger partial charge < -0.3 is 15.0 Å². The van der Waals surface area contributed by atoms with Gasteiger partial charge in [0.05, 0.1) is 12.0 Å². The summed E-state index contributed by atoms with van der Waals surface area (Å²) in [6.07, 6.45) is -0.678.